The molecule has 3 heteroatoms. The zero-order valence-electron chi connectivity index (χ0n) is 10.1. The van der Waals surface area contributed by atoms with Crippen molar-refractivity contribution in [3.63, 3.8) is 0 Å². The first-order chi connectivity index (χ1) is 7.09. The van der Waals surface area contributed by atoms with Gasteiger partial charge in [-0.3, -0.25) is 4.90 Å². The van der Waals surface area contributed by atoms with Crippen LogP contribution in [0, 0.1) is 0 Å². The van der Waals surface area contributed by atoms with Gasteiger partial charge in [0, 0.05) is 13.0 Å². The van der Waals surface area contributed by atoms with Gasteiger partial charge in [0.1, 0.15) is 6.23 Å². The number of ether oxygens (including phenoxy) is 2. The molecule has 0 bridgehead atoms. The summed E-state index contributed by atoms with van der Waals surface area (Å²) in [7, 11) is 3.99. The number of allylic oxidation sites excluding steroid dienone is 2. The third kappa shape index (κ3) is 3.45. The predicted molar refractivity (Wildman–Crippen MR) is 61.5 cm³/mol. The van der Waals surface area contributed by atoms with Gasteiger partial charge >= 0.3 is 0 Å². The van der Waals surface area contributed by atoms with Crippen molar-refractivity contribution in [2.75, 3.05) is 20.7 Å². The van der Waals surface area contributed by atoms with Crippen molar-refractivity contribution in [2.45, 2.75) is 32.3 Å². The number of hydrogen-bond donors (Lipinski definition) is 0. The molecule has 15 heavy (non-hydrogen) atoms. The van der Waals surface area contributed by atoms with Crippen molar-refractivity contribution in [2.24, 2.45) is 0 Å². The van der Waals surface area contributed by atoms with Gasteiger partial charge in [-0.25, -0.2) is 0 Å². The lowest BCUT2D eigenvalue weighted by Gasteiger charge is -2.35. The molecule has 0 N–H and O–H groups in total. The molecule has 0 radical (unpaired) electrons. The lowest BCUT2D eigenvalue weighted by Crippen LogP contribution is -2.42. The Bertz CT molecular complexity index is 248. The van der Waals surface area contributed by atoms with Crippen LogP contribution in [0.4, 0.5) is 0 Å². The molecule has 1 aliphatic carbocycles. The summed E-state index contributed by atoms with van der Waals surface area (Å²) >= 11 is 0. The number of rotatable bonds is 5. The van der Waals surface area contributed by atoms with Crippen molar-refractivity contribution < 1.29 is 9.47 Å². The molecule has 0 heterocycles. The van der Waals surface area contributed by atoms with Gasteiger partial charge in [0.2, 0.25) is 0 Å². The molecule has 1 aliphatic rings. The summed E-state index contributed by atoms with van der Waals surface area (Å²) < 4.78 is 11.7. The molecule has 0 saturated heterocycles. The fourth-order valence-corrected chi connectivity index (χ4v) is 1.45. The summed E-state index contributed by atoms with van der Waals surface area (Å²) in [6.45, 7) is 4.66. The lowest BCUT2D eigenvalue weighted by molar-refractivity contribution is -0.244. The normalized spacial score (nSPS) is 27.3. The van der Waals surface area contributed by atoms with Gasteiger partial charge in [-0.15, -0.1) is 0 Å². The van der Waals surface area contributed by atoms with Crippen LogP contribution in [0.15, 0.2) is 24.3 Å². The molecule has 0 saturated carbocycles. The van der Waals surface area contributed by atoms with E-state index in [1.165, 1.54) is 0 Å². The smallest absolute Gasteiger partial charge is 0.193 e. The van der Waals surface area contributed by atoms with Gasteiger partial charge < -0.3 is 9.47 Å². The van der Waals surface area contributed by atoms with E-state index in [2.05, 4.69) is 6.08 Å². The Labute approximate surface area is 92.4 Å². The van der Waals surface area contributed by atoms with Crippen LogP contribution in [0.25, 0.3) is 0 Å². The third-order valence-electron chi connectivity index (χ3n) is 2.49. The van der Waals surface area contributed by atoms with Crippen LogP contribution in [0.1, 0.15) is 20.3 Å². The Morgan fingerprint density at radius 3 is 2.60 bits per heavy atom. The third-order valence-corrected chi connectivity index (χ3v) is 2.49. The average Bonchev–Trinajstić information content (AvgIpc) is 2.19. The highest BCUT2D eigenvalue weighted by Gasteiger charge is 2.31. The summed E-state index contributed by atoms with van der Waals surface area (Å²) in [6.07, 6.45) is 8.85. The van der Waals surface area contributed by atoms with Crippen LogP contribution < -0.4 is 0 Å². The van der Waals surface area contributed by atoms with Gasteiger partial charge in [-0.1, -0.05) is 18.2 Å². The number of nitrogens with zero attached hydrogens (tertiary/aromatic N) is 1. The fraction of sp³-hybridized carbons (Fsp3) is 0.667. The first-order valence-corrected chi connectivity index (χ1v) is 5.42. The Morgan fingerprint density at radius 2 is 2.13 bits per heavy atom. The molecule has 0 aromatic rings. The predicted octanol–water partition coefficient (Wildman–Crippen LogP) is 2.16. The molecular formula is C12H21NO2. The summed E-state index contributed by atoms with van der Waals surface area (Å²) in [5, 5.41) is 0. The van der Waals surface area contributed by atoms with E-state index in [-0.39, 0.29) is 6.23 Å². The Kier molecular flexibility index (Phi) is 4.51. The van der Waals surface area contributed by atoms with Crippen molar-refractivity contribution in [1.82, 2.24) is 4.90 Å². The Hall–Kier alpha value is -0.640. The molecule has 3 nitrogen and oxygen atoms in total. The molecule has 0 aromatic heterocycles. The second-order valence-electron chi connectivity index (χ2n) is 3.92. The maximum atomic E-state index is 5.95. The van der Waals surface area contributed by atoms with Gasteiger partial charge in [-0.2, -0.15) is 0 Å². The Balaban J connectivity index is 2.65. The maximum Gasteiger partial charge on any atom is 0.193 e. The highest BCUT2D eigenvalue weighted by Crippen LogP contribution is 2.26. The zero-order chi connectivity index (χ0) is 11.3. The van der Waals surface area contributed by atoms with Crippen LogP contribution in [0.3, 0.4) is 0 Å². The molecule has 86 valence electrons. The van der Waals surface area contributed by atoms with Crippen molar-refractivity contribution in [3.05, 3.63) is 24.3 Å². The molecule has 2 unspecified atom stereocenters. The van der Waals surface area contributed by atoms with Crippen LogP contribution >= 0.6 is 0 Å². The van der Waals surface area contributed by atoms with Crippen molar-refractivity contribution in [3.8, 4) is 0 Å². The second-order valence-corrected chi connectivity index (χ2v) is 3.92. The first-order valence-electron chi connectivity index (χ1n) is 5.42. The number of hydrogen-bond acceptors (Lipinski definition) is 3. The van der Waals surface area contributed by atoms with Crippen LogP contribution in [-0.2, 0) is 9.47 Å². The van der Waals surface area contributed by atoms with Crippen LogP contribution in [-0.4, -0.2) is 37.6 Å². The first kappa shape index (κ1) is 12.4. The highest BCUT2D eigenvalue weighted by molar-refractivity contribution is 5.15. The van der Waals surface area contributed by atoms with E-state index in [0.29, 0.717) is 6.61 Å². The summed E-state index contributed by atoms with van der Waals surface area (Å²) in [5.74, 6) is -0.576. The monoisotopic (exact) mass is 211 g/mol. The van der Waals surface area contributed by atoms with Crippen molar-refractivity contribution >= 4 is 0 Å². The molecule has 0 amide bonds. The fourth-order valence-electron chi connectivity index (χ4n) is 1.45. The van der Waals surface area contributed by atoms with Crippen LogP contribution in [0.2, 0.25) is 0 Å². The average molecular weight is 211 g/mol. The zero-order valence-corrected chi connectivity index (χ0v) is 10.1. The van der Waals surface area contributed by atoms with E-state index in [0.717, 1.165) is 6.42 Å². The molecule has 0 aromatic carbocycles. The van der Waals surface area contributed by atoms with Crippen LogP contribution in [0.5, 0.6) is 0 Å². The van der Waals surface area contributed by atoms with E-state index in [9.17, 15) is 0 Å². The minimum Gasteiger partial charge on any atom is -0.346 e. The topological polar surface area (TPSA) is 21.7 Å². The minimum atomic E-state index is -0.576. The molecule has 1 rings (SSSR count). The molecule has 0 spiro atoms. The van der Waals surface area contributed by atoms with E-state index < -0.39 is 5.79 Å². The Morgan fingerprint density at radius 1 is 1.40 bits per heavy atom. The maximum absolute atomic E-state index is 5.95. The lowest BCUT2D eigenvalue weighted by atomic mass is 10.1. The summed E-state index contributed by atoms with van der Waals surface area (Å²) in [4.78, 5) is 2.02. The minimum absolute atomic E-state index is 0.0349. The summed E-state index contributed by atoms with van der Waals surface area (Å²) in [5.41, 5.74) is 0. The van der Waals surface area contributed by atoms with Gasteiger partial charge in [0.25, 0.3) is 0 Å². The van der Waals surface area contributed by atoms with E-state index >= 15 is 0 Å². The molecule has 0 fully saturated rings. The van der Waals surface area contributed by atoms with Crippen molar-refractivity contribution in [1.29, 1.82) is 0 Å². The quantitative estimate of drug-likeness (QED) is 0.650. The van der Waals surface area contributed by atoms with E-state index in [1.807, 2.05) is 51.1 Å². The molecule has 0 aliphatic heterocycles. The standard InChI is InChI=1S/C12H21NO2/c1-5-14-12(9-7-6-8-10-12)15-11(2)13(3)4/h6-9,11H,5,10H2,1-4H3. The largest absolute Gasteiger partial charge is 0.346 e. The van der Waals surface area contributed by atoms with Gasteiger partial charge in [-0.05, 0) is 34.0 Å². The van der Waals surface area contributed by atoms with E-state index in [1.54, 1.807) is 0 Å². The van der Waals surface area contributed by atoms with Gasteiger partial charge in [0.05, 0.1) is 0 Å². The molecule has 2 atom stereocenters. The second kappa shape index (κ2) is 5.45. The molecular weight excluding hydrogens is 190 g/mol. The SMILES string of the molecule is CCOC1(OC(C)N(C)C)C=CC=CC1. The van der Waals surface area contributed by atoms with Gasteiger partial charge in [0.15, 0.2) is 5.79 Å². The summed E-state index contributed by atoms with van der Waals surface area (Å²) in [6, 6.07) is 0. The highest BCUT2D eigenvalue weighted by atomic mass is 16.7. The van der Waals surface area contributed by atoms with E-state index in [4.69, 9.17) is 9.47 Å².